The third kappa shape index (κ3) is 3.17. The molecule has 0 aliphatic carbocycles. The predicted octanol–water partition coefficient (Wildman–Crippen LogP) is 0.843. The van der Waals surface area contributed by atoms with Gasteiger partial charge in [-0.3, -0.25) is 0 Å². The van der Waals surface area contributed by atoms with E-state index >= 15 is 0 Å². The van der Waals surface area contributed by atoms with Gasteiger partial charge in [-0.2, -0.15) is 0 Å². The molecule has 1 aliphatic rings. The van der Waals surface area contributed by atoms with Crippen molar-refractivity contribution < 1.29 is 4.74 Å². The summed E-state index contributed by atoms with van der Waals surface area (Å²) in [5.74, 6) is 0.749. The molecule has 0 aromatic carbocycles. The van der Waals surface area contributed by atoms with Crippen molar-refractivity contribution in [3.63, 3.8) is 0 Å². The molecule has 2 rings (SSSR count). The number of ether oxygens (including phenoxy) is 1. The Balaban J connectivity index is 1.93. The van der Waals surface area contributed by atoms with E-state index in [-0.39, 0.29) is 0 Å². The molecule has 0 saturated heterocycles. The SMILES string of the molecule is CCN(CC)CCOc1ncnc2c1CNCC2. The van der Waals surface area contributed by atoms with E-state index in [4.69, 9.17) is 4.74 Å². The van der Waals surface area contributed by atoms with Gasteiger partial charge in [-0.15, -0.1) is 0 Å². The van der Waals surface area contributed by atoms with E-state index in [9.17, 15) is 0 Å². The molecule has 0 fully saturated rings. The lowest BCUT2D eigenvalue weighted by Crippen LogP contribution is -2.29. The van der Waals surface area contributed by atoms with Gasteiger partial charge >= 0.3 is 0 Å². The Labute approximate surface area is 109 Å². The predicted molar refractivity (Wildman–Crippen MR) is 70.7 cm³/mol. The van der Waals surface area contributed by atoms with Crippen molar-refractivity contribution >= 4 is 0 Å². The second kappa shape index (κ2) is 6.66. The van der Waals surface area contributed by atoms with Gasteiger partial charge in [0, 0.05) is 31.6 Å². The van der Waals surface area contributed by atoms with Crippen molar-refractivity contribution in [2.75, 3.05) is 32.8 Å². The van der Waals surface area contributed by atoms with Crippen molar-refractivity contribution in [3.05, 3.63) is 17.6 Å². The smallest absolute Gasteiger partial charge is 0.221 e. The van der Waals surface area contributed by atoms with Crippen LogP contribution in [0.1, 0.15) is 25.1 Å². The summed E-state index contributed by atoms with van der Waals surface area (Å²) < 4.78 is 5.81. The Morgan fingerprint density at radius 2 is 2.17 bits per heavy atom. The molecule has 0 bridgehead atoms. The molecule has 18 heavy (non-hydrogen) atoms. The number of nitrogens with one attached hydrogen (secondary N) is 1. The summed E-state index contributed by atoms with van der Waals surface area (Å²) in [4.78, 5) is 10.9. The van der Waals surface area contributed by atoms with Gasteiger partial charge in [0.05, 0.1) is 5.69 Å². The van der Waals surface area contributed by atoms with Crippen LogP contribution in [-0.2, 0) is 13.0 Å². The van der Waals surface area contributed by atoms with Gasteiger partial charge in [0.15, 0.2) is 0 Å². The van der Waals surface area contributed by atoms with E-state index in [1.807, 2.05) is 0 Å². The van der Waals surface area contributed by atoms with E-state index < -0.39 is 0 Å². The van der Waals surface area contributed by atoms with Crippen LogP contribution in [0, 0.1) is 0 Å². The lowest BCUT2D eigenvalue weighted by Gasteiger charge is -2.20. The second-order valence-electron chi connectivity index (χ2n) is 4.41. The fraction of sp³-hybridized carbons (Fsp3) is 0.692. The molecule has 5 heteroatoms. The molecule has 100 valence electrons. The van der Waals surface area contributed by atoms with E-state index in [0.29, 0.717) is 6.61 Å². The highest BCUT2D eigenvalue weighted by molar-refractivity contribution is 5.31. The van der Waals surface area contributed by atoms with Gasteiger partial charge in [0.2, 0.25) is 5.88 Å². The highest BCUT2D eigenvalue weighted by Crippen LogP contribution is 2.20. The number of likely N-dealkylation sites (N-methyl/N-ethyl adjacent to an activating group) is 1. The Hall–Kier alpha value is -1.20. The Kier molecular flexibility index (Phi) is 4.90. The molecule has 0 atom stereocenters. The van der Waals surface area contributed by atoms with Crippen molar-refractivity contribution in [2.24, 2.45) is 0 Å². The molecule has 0 amide bonds. The maximum atomic E-state index is 5.81. The summed E-state index contributed by atoms with van der Waals surface area (Å²) in [5, 5.41) is 3.33. The zero-order chi connectivity index (χ0) is 12.8. The second-order valence-corrected chi connectivity index (χ2v) is 4.41. The zero-order valence-corrected chi connectivity index (χ0v) is 11.3. The van der Waals surface area contributed by atoms with Crippen molar-refractivity contribution in [1.82, 2.24) is 20.2 Å². The maximum Gasteiger partial charge on any atom is 0.221 e. The van der Waals surface area contributed by atoms with Crippen molar-refractivity contribution in [3.8, 4) is 5.88 Å². The lowest BCUT2D eigenvalue weighted by molar-refractivity contribution is 0.215. The number of hydrogen-bond donors (Lipinski definition) is 1. The van der Waals surface area contributed by atoms with Gasteiger partial charge in [0.25, 0.3) is 0 Å². The first-order chi connectivity index (χ1) is 8.85. The minimum atomic E-state index is 0.686. The Bertz CT molecular complexity index is 379. The van der Waals surface area contributed by atoms with Gasteiger partial charge in [-0.1, -0.05) is 13.8 Å². The molecule has 0 spiro atoms. The largest absolute Gasteiger partial charge is 0.476 e. The molecule has 1 aliphatic heterocycles. The average Bonchev–Trinajstić information content (AvgIpc) is 2.44. The number of nitrogens with zero attached hydrogens (tertiary/aromatic N) is 3. The highest BCUT2D eigenvalue weighted by atomic mass is 16.5. The topological polar surface area (TPSA) is 50.3 Å². The summed E-state index contributed by atoms with van der Waals surface area (Å²) >= 11 is 0. The summed E-state index contributed by atoms with van der Waals surface area (Å²) in [6, 6.07) is 0. The van der Waals surface area contributed by atoms with Crippen LogP contribution in [0.4, 0.5) is 0 Å². The third-order valence-electron chi connectivity index (χ3n) is 3.38. The van der Waals surface area contributed by atoms with Gasteiger partial charge in [-0.25, -0.2) is 9.97 Å². The van der Waals surface area contributed by atoms with Crippen LogP contribution in [0.5, 0.6) is 5.88 Å². The molecule has 1 N–H and O–H groups in total. The quantitative estimate of drug-likeness (QED) is 0.811. The molecule has 0 radical (unpaired) electrons. The third-order valence-corrected chi connectivity index (χ3v) is 3.38. The summed E-state index contributed by atoms with van der Waals surface area (Å²) in [5.41, 5.74) is 2.25. The number of fused-ring (bicyclic) bond motifs is 1. The Morgan fingerprint density at radius 3 is 2.94 bits per heavy atom. The molecule has 1 aromatic rings. The van der Waals surface area contributed by atoms with E-state index in [1.165, 1.54) is 0 Å². The maximum absolute atomic E-state index is 5.81. The summed E-state index contributed by atoms with van der Waals surface area (Å²) in [7, 11) is 0. The molecule has 0 saturated carbocycles. The first-order valence-corrected chi connectivity index (χ1v) is 6.73. The van der Waals surface area contributed by atoms with Crippen LogP contribution in [0.3, 0.4) is 0 Å². The lowest BCUT2D eigenvalue weighted by atomic mass is 10.1. The minimum absolute atomic E-state index is 0.686. The first kappa shape index (κ1) is 13.2. The van der Waals surface area contributed by atoms with Crippen molar-refractivity contribution in [1.29, 1.82) is 0 Å². The fourth-order valence-electron chi connectivity index (χ4n) is 2.18. The van der Waals surface area contributed by atoms with Crippen molar-refractivity contribution in [2.45, 2.75) is 26.8 Å². The molecule has 1 aromatic heterocycles. The molecule has 2 heterocycles. The average molecular weight is 250 g/mol. The van der Waals surface area contributed by atoms with Crippen LogP contribution < -0.4 is 10.1 Å². The number of rotatable bonds is 6. The molecular weight excluding hydrogens is 228 g/mol. The standard InChI is InChI=1S/C13H22N4O/c1-3-17(4-2)7-8-18-13-11-9-14-6-5-12(11)15-10-16-13/h10,14H,3-9H2,1-2H3. The minimum Gasteiger partial charge on any atom is -0.476 e. The first-order valence-electron chi connectivity index (χ1n) is 6.73. The Morgan fingerprint density at radius 1 is 1.33 bits per heavy atom. The fourth-order valence-corrected chi connectivity index (χ4v) is 2.18. The van der Waals surface area contributed by atoms with Gasteiger partial charge in [0.1, 0.15) is 12.9 Å². The number of hydrogen-bond acceptors (Lipinski definition) is 5. The monoisotopic (exact) mass is 250 g/mol. The normalized spacial score (nSPS) is 14.6. The summed E-state index contributed by atoms with van der Waals surface area (Å²) in [6.45, 7) is 9.89. The van der Waals surface area contributed by atoms with Crippen LogP contribution >= 0.6 is 0 Å². The van der Waals surface area contributed by atoms with E-state index in [2.05, 4.69) is 34.0 Å². The summed E-state index contributed by atoms with van der Waals surface area (Å²) in [6.07, 6.45) is 2.57. The zero-order valence-electron chi connectivity index (χ0n) is 11.3. The highest BCUT2D eigenvalue weighted by Gasteiger charge is 2.15. The molecule has 5 nitrogen and oxygen atoms in total. The number of aromatic nitrogens is 2. The van der Waals surface area contributed by atoms with Crippen LogP contribution in [0.15, 0.2) is 6.33 Å². The molecule has 0 unspecified atom stereocenters. The van der Waals surface area contributed by atoms with Crippen LogP contribution in [-0.4, -0.2) is 47.7 Å². The van der Waals surface area contributed by atoms with Gasteiger partial charge in [-0.05, 0) is 13.1 Å². The van der Waals surface area contributed by atoms with Crippen LogP contribution in [0.2, 0.25) is 0 Å². The molecular formula is C13H22N4O. The van der Waals surface area contributed by atoms with E-state index in [0.717, 1.165) is 56.3 Å². The van der Waals surface area contributed by atoms with Crippen LogP contribution in [0.25, 0.3) is 0 Å². The van der Waals surface area contributed by atoms with E-state index in [1.54, 1.807) is 6.33 Å². The van der Waals surface area contributed by atoms with Gasteiger partial charge < -0.3 is 15.0 Å².